The predicted octanol–water partition coefficient (Wildman–Crippen LogP) is 4.45. The normalized spacial score (nSPS) is 17.0. The first-order valence-electron chi connectivity index (χ1n) is 9.19. The maximum Gasteiger partial charge on any atom is 0.338 e. The summed E-state index contributed by atoms with van der Waals surface area (Å²) in [7, 11) is 0. The van der Waals surface area contributed by atoms with E-state index in [1.54, 1.807) is 13.8 Å². The number of allylic oxidation sites excluding steroid dienone is 1. The first kappa shape index (κ1) is 21.3. The van der Waals surface area contributed by atoms with Crippen LogP contribution in [0.1, 0.15) is 52.6 Å². The maximum absolute atomic E-state index is 12.8. The highest BCUT2D eigenvalue weighted by molar-refractivity contribution is 9.10. The Morgan fingerprint density at radius 2 is 1.96 bits per heavy atom. The molecule has 1 unspecified atom stereocenters. The van der Waals surface area contributed by atoms with Crippen molar-refractivity contribution in [1.29, 1.82) is 0 Å². The molecule has 1 atom stereocenters. The number of benzene rings is 1. The zero-order chi connectivity index (χ0) is 20.1. The Labute approximate surface area is 168 Å². The number of urea groups is 1. The van der Waals surface area contributed by atoms with Crippen LogP contribution in [0.25, 0.3) is 0 Å². The Balaban J connectivity index is 2.47. The number of ether oxygens (including phenoxy) is 2. The van der Waals surface area contributed by atoms with Gasteiger partial charge in [-0.25, -0.2) is 9.59 Å². The van der Waals surface area contributed by atoms with Crippen LogP contribution in [0.4, 0.5) is 4.79 Å². The van der Waals surface area contributed by atoms with Crippen LogP contribution in [0.2, 0.25) is 0 Å². The van der Waals surface area contributed by atoms with E-state index in [1.807, 2.05) is 39.0 Å². The third kappa shape index (κ3) is 5.25. The van der Waals surface area contributed by atoms with Crippen molar-refractivity contribution in [3.05, 3.63) is 39.5 Å². The summed E-state index contributed by atoms with van der Waals surface area (Å²) >= 11 is 3.51. The minimum absolute atomic E-state index is 0.0381. The second-order valence-corrected chi connectivity index (χ2v) is 7.86. The van der Waals surface area contributed by atoms with Crippen LogP contribution in [-0.4, -0.2) is 24.7 Å². The number of carbonyl (C=O) groups excluding carboxylic acids is 2. The molecule has 0 radical (unpaired) electrons. The summed E-state index contributed by atoms with van der Waals surface area (Å²) in [6.45, 7) is 10.1. The van der Waals surface area contributed by atoms with Gasteiger partial charge in [-0.3, -0.25) is 0 Å². The van der Waals surface area contributed by atoms with Gasteiger partial charge in [-0.05, 0) is 59.8 Å². The number of esters is 1. The van der Waals surface area contributed by atoms with E-state index in [0.717, 1.165) is 22.2 Å². The van der Waals surface area contributed by atoms with Crippen LogP contribution >= 0.6 is 15.9 Å². The minimum atomic E-state index is -0.598. The molecule has 0 fully saturated rings. The van der Waals surface area contributed by atoms with Crippen molar-refractivity contribution in [2.24, 2.45) is 5.92 Å². The largest absolute Gasteiger partial charge is 0.492 e. The molecule has 27 heavy (non-hydrogen) atoms. The molecule has 0 bridgehead atoms. The summed E-state index contributed by atoms with van der Waals surface area (Å²) in [5, 5.41) is 5.61. The van der Waals surface area contributed by atoms with Crippen LogP contribution in [-0.2, 0) is 9.53 Å². The highest BCUT2D eigenvalue weighted by Gasteiger charge is 2.35. The molecular formula is C20H27BrN2O4. The molecule has 7 heteroatoms. The molecule has 6 nitrogen and oxygen atoms in total. The monoisotopic (exact) mass is 438 g/mol. The van der Waals surface area contributed by atoms with Gasteiger partial charge in [0.05, 0.1) is 28.8 Å². The van der Waals surface area contributed by atoms with Gasteiger partial charge in [-0.2, -0.15) is 0 Å². The lowest BCUT2D eigenvalue weighted by Crippen LogP contribution is -2.47. The Morgan fingerprint density at radius 3 is 2.52 bits per heavy atom. The lowest BCUT2D eigenvalue weighted by Gasteiger charge is -2.31. The van der Waals surface area contributed by atoms with Crippen LogP contribution in [0.15, 0.2) is 33.9 Å². The standard InChI is InChI=1S/C20H27BrN2O4/c1-6-9-26-15-8-7-13(10-14(15)21)18-16(19(24)27-12(4)5)17(11(2)3)22-20(25)23-18/h7-8,10-12,18H,6,9H2,1-5H3,(H2,22,23,25). The Morgan fingerprint density at radius 1 is 1.26 bits per heavy atom. The minimum Gasteiger partial charge on any atom is -0.492 e. The van der Waals surface area contributed by atoms with Crippen molar-refractivity contribution < 1.29 is 19.1 Å². The summed E-state index contributed by atoms with van der Waals surface area (Å²) < 4.78 is 11.9. The van der Waals surface area contributed by atoms with Gasteiger partial charge in [-0.15, -0.1) is 0 Å². The Bertz CT molecular complexity index is 743. The van der Waals surface area contributed by atoms with Crippen molar-refractivity contribution in [2.45, 2.75) is 53.2 Å². The molecule has 1 aliphatic rings. The highest BCUT2D eigenvalue weighted by atomic mass is 79.9. The number of hydrogen-bond acceptors (Lipinski definition) is 4. The lowest BCUT2D eigenvalue weighted by atomic mass is 9.91. The van der Waals surface area contributed by atoms with E-state index in [9.17, 15) is 9.59 Å². The van der Waals surface area contributed by atoms with E-state index >= 15 is 0 Å². The molecule has 1 aromatic carbocycles. The zero-order valence-electron chi connectivity index (χ0n) is 16.4. The number of halogens is 1. The van der Waals surface area contributed by atoms with Crippen molar-refractivity contribution in [3.63, 3.8) is 0 Å². The topological polar surface area (TPSA) is 76.7 Å². The molecule has 1 aromatic rings. The van der Waals surface area contributed by atoms with E-state index in [0.29, 0.717) is 17.9 Å². The first-order chi connectivity index (χ1) is 12.7. The predicted molar refractivity (Wildman–Crippen MR) is 107 cm³/mol. The molecule has 2 N–H and O–H groups in total. The third-order valence-corrected chi connectivity index (χ3v) is 4.61. The fourth-order valence-corrected chi connectivity index (χ4v) is 3.33. The van der Waals surface area contributed by atoms with Gasteiger partial charge in [0, 0.05) is 5.70 Å². The number of amides is 2. The fraction of sp³-hybridized carbons (Fsp3) is 0.500. The van der Waals surface area contributed by atoms with Crippen LogP contribution in [0.3, 0.4) is 0 Å². The van der Waals surface area contributed by atoms with Crippen molar-refractivity contribution in [1.82, 2.24) is 10.6 Å². The molecule has 0 aromatic heterocycles. The number of hydrogen-bond donors (Lipinski definition) is 2. The molecule has 2 amide bonds. The summed E-state index contributed by atoms with van der Waals surface area (Å²) in [6.07, 6.45) is 0.651. The summed E-state index contributed by atoms with van der Waals surface area (Å²) in [5.74, 6) is 0.248. The van der Waals surface area contributed by atoms with E-state index < -0.39 is 12.0 Å². The average Bonchev–Trinajstić information content (AvgIpc) is 2.59. The molecule has 0 aliphatic carbocycles. The van der Waals surface area contributed by atoms with Gasteiger partial charge in [0.1, 0.15) is 5.75 Å². The second-order valence-electron chi connectivity index (χ2n) is 7.01. The van der Waals surface area contributed by atoms with E-state index in [1.165, 1.54) is 0 Å². The quantitative estimate of drug-likeness (QED) is 0.616. The lowest BCUT2D eigenvalue weighted by molar-refractivity contribution is -0.143. The fourth-order valence-electron chi connectivity index (χ4n) is 2.82. The summed E-state index contributed by atoms with van der Waals surface area (Å²) in [4.78, 5) is 25.0. The second kappa shape index (κ2) is 9.26. The molecule has 0 saturated heterocycles. The Kier molecular flexibility index (Phi) is 7.30. The number of rotatable bonds is 7. The molecule has 1 aliphatic heterocycles. The van der Waals surface area contributed by atoms with E-state index in [-0.39, 0.29) is 18.1 Å². The van der Waals surface area contributed by atoms with Crippen LogP contribution in [0, 0.1) is 5.92 Å². The van der Waals surface area contributed by atoms with E-state index in [4.69, 9.17) is 9.47 Å². The van der Waals surface area contributed by atoms with Crippen molar-refractivity contribution in [2.75, 3.05) is 6.61 Å². The molecule has 2 rings (SSSR count). The molecule has 0 saturated carbocycles. The SMILES string of the molecule is CCCOc1ccc(C2NC(=O)NC(C(C)C)=C2C(=O)OC(C)C)cc1Br. The number of carbonyl (C=O) groups is 2. The summed E-state index contributed by atoms with van der Waals surface area (Å²) in [6, 6.07) is 4.62. The molecule has 0 spiro atoms. The van der Waals surface area contributed by atoms with Crippen molar-refractivity contribution >= 4 is 27.9 Å². The zero-order valence-corrected chi connectivity index (χ0v) is 18.0. The molecule has 1 heterocycles. The van der Waals surface area contributed by atoms with Gasteiger partial charge in [0.25, 0.3) is 0 Å². The summed E-state index contributed by atoms with van der Waals surface area (Å²) in [5.41, 5.74) is 1.78. The number of nitrogens with one attached hydrogen (secondary N) is 2. The average molecular weight is 439 g/mol. The maximum atomic E-state index is 12.8. The van der Waals surface area contributed by atoms with Gasteiger partial charge in [-0.1, -0.05) is 26.8 Å². The van der Waals surface area contributed by atoms with Gasteiger partial charge in [0.2, 0.25) is 0 Å². The van der Waals surface area contributed by atoms with Gasteiger partial charge in [0.15, 0.2) is 0 Å². The van der Waals surface area contributed by atoms with Gasteiger partial charge >= 0.3 is 12.0 Å². The van der Waals surface area contributed by atoms with Gasteiger partial charge < -0.3 is 20.1 Å². The van der Waals surface area contributed by atoms with Crippen LogP contribution < -0.4 is 15.4 Å². The third-order valence-electron chi connectivity index (χ3n) is 3.99. The Hall–Kier alpha value is -2.02. The molecular weight excluding hydrogens is 412 g/mol. The smallest absolute Gasteiger partial charge is 0.338 e. The van der Waals surface area contributed by atoms with Crippen LogP contribution in [0.5, 0.6) is 5.75 Å². The van der Waals surface area contributed by atoms with E-state index in [2.05, 4.69) is 26.6 Å². The van der Waals surface area contributed by atoms with Crippen molar-refractivity contribution in [3.8, 4) is 5.75 Å². The highest BCUT2D eigenvalue weighted by Crippen LogP contribution is 2.34. The first-order valence-corrected chi connectivity index (χ1v) is 9.98. The molecule has 148 valence electrons.